The first-order chi connectivity index (χ1) is 9.90. The highest BCUT2D eigenvalue weighted by Gasteiger charge is 2.42. The molecule has 5 atom stereocenters. The van der Waals surface area contributed by atoms with Crippen molar-refractivity contribution in [2.75, 3.05) is 0 Å². The van der Waals surface area contributed by atoms with Crippen LogP contribution in [0.3, 0.4) is 0 Å². The van der Waals surface area contributed by atoms with Crippen molar-refractivity contribution in [2.24, 2.45) is 11.8 Å². The lowest BCUT2D eigenvalue weighted by Crippen LogP contribution is -2.35. The van der Waals surface area contributed by atoms with Crippen LogP contribution in [-0.4, -0.2) is 35.4 Å². The molecule has 0 aromatic heterocycles. The van der Waals surface area contributed by atoms with Crippen LogP contribution in [-0.2, 0) is 19.1 Å². The van der Waals surface area contributed by atoms with Gasteiger partial charge in [-0.15, -0.1) is 0 Å². The van der Waals surface area contributed by atoms with Gasteiger partial charge in [0, 0.05) is 12.3 Å². The Balaban J connectivity index is 1.90. The molecule has 0 aliphatic heterocycles. The normalized spacial score (nSPS) is 31.2. The SMILES string of the molecule is C=C1C[C@@H](OC(=O)[C@H](C)OC(=O)[C@H](C)O)[C@@H]2CCCC[C@H]12. The fraction of sp³-hybridized carbons (Fsp3) is 0.750. The molecule has 0 saturated heterocycles. The lowest BCUT2D eigenvalue weighted by molar-refractivity contribution is -0.175. The van der Waals surface area contributed by atoms with Gasteiger partial charge in [0.25, 0.3) is 0 Å². The van der Waals surface area contributed by atoms with Crippen LogP contribution in [0.5, 0.6) is 0 Å². The molecule has 0 amide bonds. The number of carbonyl (C=O) groups excluding carboxylic acids is 2. The predicted octanol–water partition coefficient (Wildman–Crippen LogP) is 1.98. The summed E-state index contributed by atoms with van der Waals surface area (Å²) in [6, 6.07) is 0. The molecule has 2 aliphatic rings. The summed E-state index contributed by atoms with van der Waals surface area (Å²) in [4.78, 5) is 23.3. The van der Waals surface area contributed by atoms with Gasteiger partial charge >= 0.3 is 11.9 Å². The van der Waals surface area contributed by atoms with Gasteiger partial charge in [-0.05, 0) is 32.6 Å². The van der Waals surface area contributed by atoms with E-state index in [1.807, 2.05) is 0 Å². The average molecular weight is 296 g/mol. The topological polar surface area (TPSA) is 72.8 Å². The standard InChI is InChI=1S/C16H24O5/c1-9-8-14(13-7-5-4-6-12(9)13)21-16(19)11(3)20-15(18)10(2)17/h10-14,17H,1,4-8H2,2-3H3/t10-,11-,12+,13+,14+/m0/s1. The highest BCUT2D eigenvalue weighted by Crippen LogP contribution is 2.46. The molecule has 0 heterocycles. The molecule has 2 saturated carbocycles. The molecular formula is C16H24O5. The van der Waals surface area contributed by atoms with Crippen LogP contribution in [0.25, 0.3) is 0 Å². The van der Waals surface area contributed by atoms with Crippen LogP contribution < -0.4 is 0 Å². The van der Waals surface area contributed by atoms with E-state index in [4.69, 9.17) is 14.6 Å². The second-order valence-electron chi connectivity index (χ2n) is 6.15. The van der Waals surface area contributed by atoms with Crippen LogP contribution in [0, 0.1) is 11.8 Å². The molecule has 1 N–H and O–H groups in total. The molecule has 5 heteroatoms. The van der Waals surface area contributed by atoms with Gasteiger partial charge in [0.05, 0.1) is 0 Å². The zero-order valence-corrected chi connectivity index (χ0v) is 12.7. The van der Waals surface area contributed by atoms with E-state index in [0.29, 0.717) is 18.3 Å². The van der Waals surface area contributed by atoms with E-state index in [1.54, 1.807) is 0 Å². The smallest absolute Gasteiger partial charge is 0.347 e. The van der Waals surface area contributed by atoms with Crippen LogP contribution in [0.4, 0.5) is 0 Å². The maximum atomic E-state index is 12.0. The molecule has 2 fully saturated rings. The van der Waals surface area contributed by atoms with Crippen molar-refractivity contribution in [3.63, 3.8) is 0 Å². The third-order valence-electron chi connectivity index (χ3n) is 4.52. The van der Waals surface area contributed by atoms with E-state index in [2.05, 4.69) is 6.58 Å². The minimum Gasteiger partial charge on any atom is -0.459 e. The van der Waals surface area contributed by atoms with E-state index in [-0.39, 0.29) is 6.10 Å². The Morgan fingerprint density at radius 1 is 1.24 bits per heavy atom. The summed E-state index contributed by atoms with van der Waals surface area (Å²) < 4.78 is 10.4. The fourth-order valence-electron chi connectivity index (χ4n) is 3.37. The highest BCUT2D eigenvalue weighted by molar-refractivity contribution is 5.80. The monoisotopic (exact) mass is 296 g/mol. The fourth-order valence-corrected chi connectivity index (χ4v) is 3.37. The van der Waals surface area contributed by atoms with Crippen molar-refractivity contribution in [2.45, 2.75) is 64.3 Å². The number of fused-ring (bicyclic) bond motifs is 1. The van der Waals surface area contributed by atoms with Gasteiger partial charge in [0.15, 0.2) is 6.10 Å². The Bertz CT molecular complexity index is 428. The van der Waals surface area contributed by atoms with Crippen LogP contribution in [0.15, 0.2) is 12.2 Å². The van der Waals surface area contributed by atoms with Crippen molar-refractivity contribution in [3.8, 4) is 0 Å². The molecule has 0 unspecified atom stereocenters. The molecule has 0 bridgehead atoms. The summed E-state index contributed by atoms with van der Waals surface area (Å²) in [6.45, 7) is 6.87. The molecule has 0 aromatic rings. The Morgan fingerprint density at radius 3 is 2.57 bits per heavy atom. The average Bonchev–Trinajstić information content (AvgIpc) is 2.75. The Labute approximate surface area is 125 Å². The lowest BCUT2D eigenvalue weighted by Gasteiger charge is -2.29. The van der Waals surface area contributed by atoms with E-state index in [9.17, 15) is 9.59 Å². The quantitative estimate of drug-likeness (QED) is 0.634. The summed E-state index contributed by atoms with van der Waals surface area (Å²) in [5.74, 6) is -0.541. The molecule has 5 nitrogen and oxygen atoms in total. The van der Waals surface area contributed by atoms with Gasteiger partial charge in [0.1, 0.15) is 12.2 Å². The first-order valence-electron chi connectivity index (χ1n) is 7.67. The van der Waals surface area contributed by atoms with E-state index in [0.717, 1.165) is 19.3 Å². The van der Waals surface area contributed by atoms with Gasteiger partial charge < -0.3 is 14.6 Å². The molecule has 2 aliphatic carbocycles. The minimum absolute atomic E-state index is 0.150. The van der Waals surface area contributed by atoms with Crippen molar-refractivity contribution in [3.05, 3.63) is 12.2 Å². The van der Waals surface area contributed by atoms with Crippen molar-refractivity contribution >= 4 is 11.9 Å². The summed E-state index contributed by atoms with van der Waals surface area (Å²) >= 11 is 0. The number of esters is 2. The Morgan fingerprint density at radius 2 is 1.90 bits per heavy atom. The first-order valence-corrected chi connectivity index (χ1v) is 7.67. The maximum absolute atomic E-state index is 12.0. The molecule has 118 valence electrons. The summed E-state index contributed by atoms with van der Waals surface area (Å²) in [6.07, 6.45) is 2.88. The summed E-state index contributed by atoms with van der Waals surface area (Å²) in [7, 11) is 0. The first kappa shape index (κ1) is 16.0. The van der Waals surface area contributed by atoms with E-state index < -0.39 is 24.1 Å². The van der Waals surface area contributed by atoms with E-state index in [1.165, 1.54) is 25.8 Å². The third kappa shape index (κ3) is 3.64. The maximum Gasteiger partial charge on any atom is 0.347 e. The van der Waals surface area contributed by atoms with Crippen LogP contribution in [0.1, 0.15) is 46.0 Å². The van der Waals surface area contributed by atoms with Crippen LogP contribution >= 0.6 is 0 Å². The zero-order valence-electron chi connectivity index (χ0n) is 12.7. The summed E-state index contributed by atoms with van der Waals surface area (Å²) in [5.41, 5.74) is 1.17. The zero-order chi connectivity index (χ0) is 15.6. The van der Waals surface area contributed by atoms with Gasteiger partial charge in [-0.3, -0.25) is 0 Å². The van der Waals surface area contributed by atoms with Crippen molar-refractivity contribution < 1.29 is 24.2 Å². The molecule has 0 aromatic carbocycles. The Hall–Kier alpha value is -1.36. The van der Waals surface area contributed by atoms with Gasteiger partial charge in [0.2, 0.25) is 0 Å². The second-order valence-corrected chi connectivity index (χ2v) is 6.15. The predicted molar refractivity (Wildman–Crippen MR) is 76.3 cm³/mol. The molecule has 2 rings (SSSR count). The van der Waals surface area contributed by atoms with Gasteiger partial charge in [-0.2, -0.15) is 0 Å². The lowest BCUT2D eigenvalue weighted by atomic mass is 9.80. The number of ether oxygens (including phenoxy) is 2. The number of aliphatic hydroxyl groups is 1. The number of hydrogen-bond acceptors (Lipinski definition) is 5. The minimum atomic E-state index is -1.24. The molecular weight excluding hydrogens is 272 g/mol. The number of carbonyl (C=O) groups is 2. The second kappa shape index (κ2) is 6.60. The number of hydrogen-bond donors (Lipinski definition) is 1. The van der Waals surface area contributed by atoms with Gasteiger partial charge in [-0.1, -0.05) is 25.0 Å². The number of rotatable bonds is 4. The van der Waals surface area contributed by atoms with Crippen molar-refractivity contribution in [1.29, 1.82) is 0 Å². The molecule has 21 heavy (non-hydrogen) atoms. The van der Waals surface area contributed by atoms with Crippen molar-refractivity contribution in [1.82, 2.24) is 0 Å². The number of aliphatic hydroxyl groups excluding tert-OH is 1. The largest absolute Gasteiger partial charge is 0.459 e. The third-order valence-corrected chi connectivity index (χ3v) is 4.52. The van der Waals surface area contributed by atoms with Gasteiger partial charge in [-0.25, -0.2) is 9.59 Å². The van der Waals surface area contributed by atoms with E-state index >= 15 is 0 Å². The highest BCUT2D eigenvalue weighted by atomic mass is 16.6. The molecule has 0 radical (unpaired) electrons. The summed E-state index contributed by atoms with van der Waals surface area (Å²) in [5, 5.41) is 9.09. The van der Waals surface area contributed by atoms with Crippen LogP contribution in [0.2, 0.25) is 0 Å². The Kier molecular flexibility index (Phi) is 5.04. The molecule has 0 spiro atoms.